The van der Waals surface area contributed by atoms with Crippen LogP contribution in [0.1, 0.15) is 23.2 Å². The third-order valence-corrected chi connectivity index (χ3v) is 2.55. The van der Waals surface area contributed by atoms with Gasteiger partial charge in [-0.05, 0) is 15.9 Å². The predicted octanol–water partition coefficient (Wildman–Crippen LogP) is 2.15. The first-order valence-corrected chi connectivity index (χ1v) is 4.37. The van der Waals surface area contributed by atoms with Crippen molar-refractivity contribution in [3.05, 3.63) is 27.5 Å². The van der Waals surface area contributed by atoms with Crippen LogP contribution in [0.25, 0.3) is 0 Å². The number of aromatic nitrogens is 1. The molecule has 1 aromatic heterocycles. The first-order valence-electron chi connectivity index (χ1n) is 3.58. The predicted molar refractivity (Wildman–Crippen MR) is 47.5 cm³/mol. The molecule has 0 amide bonds. The van der Waals surface area contributed by atoms with Crippen LogP contribution in [0, 0.1) is 11.3 Å². The van der Waals surface area contributed by atoms with Crippen molar-refractivity contribution in [1.82, 2.24) is 4.98 Å². The van der Waals surface area contributed by atoms with Gasteiger partial charge >= 0.3 is 0 Å². The number of rotatable bonds is 2. The molecule has 0 radical (unpaired) electrons. The Labute approximate surface area is 87.1 Å². The fourth-order valence-electron chi connectivity index (χ4n) is 0.944. The van der Waals surface area contributed by atoms with Crippen molar-refractivity contribution in [2.45, 2.75) is 13.0 Å². The van der Waals surface area contributed by atoms with Crippen LogP contribution in [-0.4, -0.2) is 10.1 Å². The second kappa shape index (κ2) is 4.44. The molecule has 74 valence electrons. The van der Waals surface area contributed by atoms with Gasteiger partial charge in [-0.3, -0.25) is 0 Å². The van der Waals surface area contributed by atoms with Gasteiger partial charge in [-0.25, -0.2) is 13.8 Å². The monoisotopic (exact) mass is 262 g/mol. The van der Waals surface area contributed by atoms with E-state index in [1.807, 2.05) is 0 Å². The first kappa shape index (κ1) is 11.0. The maximum absolute atomic E-state index is 12.5. The van der Waals surface area contributed by atoms with Crippen molar-refractivity contribution in [2.24, 2.45) is 0 Å². The first-order chi connectivity index (χ1) is 6.61. The van der Waals surface area contributed by atoms with Crippen molar-refractivity contribution >= 4 is 15.9 Å². The van der Waals surface area contributed by atoms with Gasteiger partial charge in [-0.1, -0.05) is 0 Å². The second-order valence-corrected chi connectivity index (χ2v) is 3.22. The van der Waals surface area contributed by atoms with Crippen LogP contribution in [0.3, 0.4) is 0 Å². The van der Waals surface area contributed by atoms with Gasteiger partial charge in [0, 0.05) is 16.2 Å². The molecule has 0 aromatic carbocycles. The van der Waals surface area contributed by atoms with E-state index in [1.165, 1.54) is 6.20 Å². The Kier molecular flexibility index (Phi) is 3.49. The average Bonchev–Trinajstić information content (AvgIpc) is 2.16. The maximum atomic E-state index is 12.5. The minimum absolute atomic E-state index is 0.0431. The lowest BCUT2D eigenvalue weighted by Gasteiger charge is -2.07. The topological polar surface area (TPSA) is 56.9 Å². The van der Waals surface area contributed by atoms with Gasteiger partial charge in [0.15, 0.2) is 0 Å². The highest BCUT2D eigenvalue weighted by Gasteiger charge is 2.20. The highest BCUT2D eigenvalue weighted by Crippen LogP contribution is 2.31. The molecule has 0 atom stereocenters. The third kappa shape index (κ3) is 1.89. The summed E-state index contributed by atoms with van der Waals surface area (Å²) >= 11 is 2.90. The van der Waals surface area contributed by atoms with E-state index in [9.17, 15) is 8.78 Å². The number of nitrogens with zero attached hydrogens (tertiary/aromatic N) is 2. The number of halogens is 3. The summed E-state index contributed by atoms with van der Waals surface area (Å²) in [4.78, 5) is 3.52. The van der Waals surface area contributed by atoms with Crippen LogP contribution < -0.4 is 0 Å². The molecule has 1 heterocycles. The summed E-state index contributed by atoms with van der Waals surface area (Å²) in [5, 5.41) is 17.3. The highest BCUT2D eigenvalue weighted by molar-refractivity contribution is 9.10. The Balaban J connectivity index is 3.41. The van der Waals surface area contributed by atoms with Crippen molar-refractivity contribution in [3.63, 3.8) is 0 Å². The average molecular weight is 263 g/mol. The minimum Gasteiger partial charge on any atom is -0.392 e. The minimum atomic E-state index is -2.79. The summed E-state index contributed by atoms with van der Waals surface area (Å²) in [5.41, 5.74) is -0.567. The van der Waals surface area contributed by atoms with E-state index in [0.717, 1.165) is 0 Å². The van der Waals surface area contributed by atoms with Crippen molar-refractivity contribution in [3.8, 4) is 6.07 Å². The number of alkyl halides is 2. The molecule has 0 aliphatic carbocycles. The van der Waals surface area contributed by atoms with Crippen LogP contribution in [0.4, 0.5) is 8.78 Å². The molecule has 0 spiro atoms. The SMILES string of the molecule is N#Cc1ncc(CO)c(Br)c1C(F)F. The van der Waals surface area contributed by atoms with Gasteiger partial charge in [0.2, 0.25) is 0 Å². The molecule has 0 saturated carbocycles. The van der Waals surface area contributed by atoms with Crippen LogP contribution in [0.5, 0.6) is 0 Å². The summed E-state index contributed by atoms with van der Waals surface area (Å²) in [6, 6.07) is 1.57. The van der Waals surface area contributed by atoms with E-state index in [1.54, 1.807) is 6.07 Å². The third-order valence-electron chi connectivity index (χ3n) is 1.62. The van der Waals surface area contributed by atoms with Crippen LogP contribution in [0.2, 0.25) is 0 Å². The van der Waals surface area contributed by atoms with Gasteiger partial charge < -0.3 is 5.11 Å². The lowest BCUT2D eigenvalue weighted by Crippen LogP contribution is -2.00. The Bertz CT molecular complexity index is 390. The smallest absolute Gasteiger partial charge is 0.267 e. The Morgan fingerprint density at radius 2 is 2.29 bits per heavy atom. The van der Waals surface area contributed by atoms with E-state index in [2.05, 4.69) is 20.9 Å². The molecule has 1 aromatic rings. The van der Waals surface area contributed by atoms with Gasteiger partial charge in [0.25, 0.3) is 6.43 Å². The summed E-state index contributed by atoms with van der Waals surface area (Å²) in [6.07, 6.45) is -1.60. The molecule has 0 aliphatic rings. The van der Waals surface area contributed by atoms with Crippen molar-refractivity contribution in [1.29, 1.82) is 5.26 Å². The molecule has 14 heavy (non-hydrogen) atoms. The molecule has 1 N–H and O–H groups in total. The quantitative estimate of drug-likeness (QED) is 0.889. The molecule has 0 fully saturated rings. The van der Waals surface area contributed by atoms with Gasteiger partial charge in [-0.15, -0.1) is 0 Å². The van der Waals surface area contributed by atoms with Gasteiger partial charge in [0.05, 0.1) is 12.2 Å². The molecule has 0 unspecified atom stereocenters. The van der Waals surface area contributed by atoms with Crippen molar-refractivity contribution in [2.75, 3.05) is 0 Å². The molecule has 0 saturated heterocycles. The molecular formula is C8H5BrF2N2O. The molecular weight excluding hydrogens is 258 g/mol. The van der Waals surface area contributed by atoms with Crippen molar-refractivity contribution < 1.29 is 13.9 Å². The Hall–Kier alpha value is -1.06. The summed E-state index contributed by atoms with van der Waals surface area (Å²) < 4.78 is 25.0. The maximum Gasteiger partial charge on any atom is 0.267 e. The lowest BCUT2D eigenvalue weighted by atomic mass is 10.1. The lowest BCUT2D eigenvalue weighted by molar-refractivity contribution is 0.149. The molecule has 1 rings (SSSR count). The van der Waals surface area contributed by atoms with E-state index in [-0.39, 0.29) is 15.7 Å². The number of hydrogen-bond donors (Lipinski definition) is 1. The molecule has 0 bridgehead atoms. The Morgan fingerprint density at radius 1 is 1.64 bits per heavy atom. The summed E-state index contributed by atoms with van der Waals surface area (Å²) in [5.74, 6) is 0. The molecule has 6 heteroatoms. The number of aliphatic hydroxyl groups excluding tert-OH is 1. The van der Waals surface area contributed by atoms with E-state index >= 15 is 0 Å². The number of nitriles is 1. The van der Waals surface area contributed by atoms with Crippen LogP contribution in [-0.2, 0) is 6.61 Å². The number of aliphatic hydroxyl groups is 1. The van der Waals surface area contributed by atoms with Crippen LogP contribution >= 0.6 is 15.9 Å². The van der Waals surface area contributed by atoms with E-state index < -0.39 is 18.6 Å². The van der Waals surface area contributed by atoms with E-state index in [0.29, 0.717) is 0 Å². The summed E-state index contributed by atoms with van der Waals surface area (Å²) in [7, 11) is 0. The van der Waals surface area contributed by atoms with E-state index in [4.69, 9.17) is 10.4 Å². The fourth-order valence-corrected chi connectivity index (χ4v) is 1.53. The zero-order valence-electron chi connectivity index (χ0n) is 6.84. The van der Waals surface area contributed by atoms with Gasteiger partial charge in [-0.2, -0.15) is 5.26 Å². The number of pyridine rings is 1. The van der Waals surface area contributed by atoms with Crippen LogP contribution in [0.15, 0.2) is 10.7 Å². The highest BCUT2D eigenvalue weighted by atomic mass is 79.9. The zero-order chi connectivity index (χ0) is 10.7. The standard InChI is InChI=1S/C8H5BrF2N2O/c9-7-4(3-14)2-13-5(1-12)6(7)8(10)11/h2,8,14H,3H2. The molecule has 3 nitrogen and oxygen atoms in total. The fraction of sp³-hybridized carbons (Fsp3) is 0.250. The number of hydrogen-bond acceptors (Lipinski definition) is 3. The largest absolute Gasteiger partial charge is 0.392 e. The summed E-state index contributed by atoms with van der Waals surface area (Å²) in [6.45, 7) is -0.404. The second-order valence-electron chi connectivity index (χ2n) is 2.43. The van der Waals surface area contributed by atoms with Gasteiger partial charge in [0.1, 0.15) is 11.8 Å². The normalized spacial score (nSPS) is 10.3. The Morgan fingerprint density at radius 3 is 2.71 bits per heavy atom. The zero-order valence-corrected chi connectivity index (χ0v) is 8.42. The molecule has 0 aliphatic heterocycles.